The zero-order valence-electron chi connectivity index (χ0n) is 13.3. The molecule has 0 spiro atoms. The van der Waals surface area contributed by atoms with Crippen LogP contribution in [-0.2, 0) is 9.47 Å². The summed E-state index contributed by atoms with van der Waals surface area (Å²) in [5.74, 6) is 0.898. The van der Waals surface area contributed by atoms with E-state index in [1.54, 1.807) is 6.20 Å². The lowest BCUT2D eigenvalue weighted by Gasteiger charge is -2.13. The summed E-state index contributed by atoms with van der Waals surface area (Å²) in [6.45, 7) is 2.97. The Bertz CT molecular complexity index is 765. The minimum atomic E-state index is -0.281. The Hall–Kier alpha value is -2.50. The van der Waals surface area contributed by atoms with Crippen molar-refractivity contribution in [3.05, 3.63) is 71.6 Å². The van der Waals surface area contributed by atoms with Gasteiger partial charge >= 0.3 is 0 Å². The third-order valence-corrected chi connectivity index (χ3v) is 4.01. The molecule has 3 heterocycles. The van der Waals surface area contributed by atoms with Gasteiger partial charge in [0.2, 0.25) is 0 Å². The molecule has 0 bridgehead atoms. The highest BCUT2D eigenvalue weighted by Crippen LogP contribution is 2.28. The van der Waals surface area contributed by atoms with Crippen LogP contribution in [0.5, 0.6) is 0 Å². The minimum Gasteiger partial charge on any atom is -0.369 e. The number of aromatic nitrogens is 1. The Morgan fingerprint density at radius 1 is 1.12 bits per heavy atom. The molecule has 0 amide bonds. The Morgan fingerprint density at radius 3 is 2.79 bits per heavy atom. The number of hydrogen-bond acceptors (Lipinski definition) is 5. The second kappa shape index (κ2) is 6.95. The molecule has 1 saturated heterocycles. The van der Waals surface area contributed by atoms with E-state index >= 15 is 0 Å². The summed E-state index contributed by atoms with van der Waals surface area (Å²) in [5, 5.41) is 3.29. The molecule has 5 nitrogen and oxygen atoms in total. The molecule has 2 aliphatic rings. The van der Waals surface area contributed by atoms with Gasteiger partial charge < -0.3 is 14.8 Å². The molecular weight excluding hydrogens is 302 g/mol. The van der Waals surface area contributed by atoms with Crippen molar-refractivity contribution in [2.45, 2.75) is 6.29 Å². The van der Waals surface area contributed by atoms with Crippen molar-refractivity contribution in [3.8, 4) is 0 Å². The molecule has 0 atom stereocenters. The highest BCUT2D eigenvalue weighted by atomic mass is 16.7. The van der Waals surface area contributed by atoms with E-state index in [2.05, 4.69) is 33.5 Å². The molecule has 122 valence electrons. The maximum absolute atomic E-state index is 5.62. The maximum Gasteiger partial charge on any atom is 0.184 e. The molecule has 4 rings (SSSR count). The van der Waals surface area contributed by atoms with Crippen molar-refractivity contribution in [2.75, 3.05) is 26.3 Å². The Labute approximate surface area is 141 Å². The van der Waals surface area contributed by atoms with E-state index in [4.69, 9.17) is 9.47 Å². The fourth-order valence-electron chi connectivity index (χ4n) is 2.88. The number of nitrogens with one attached hydrogen (secondary N) is 1. The highest BCUT2D eigenvalue weighted by Gasteiger charge is 2.19. The van der Waals surface area contributed by atoms with E-state index in [9.17, 15) is 0 Å². The second-order valence-corrected chi connectivity index (χ2v) is 5.67. The van der Waals surface area contributed by atoms with Crippen LogP contribution < -0.4 is 5.32 Å². The smallest absolute Gasteiger partial charge is 0.184 e. The molecular formula is C19H19N3O2. The molecule has 0 radical (unpaired) electrons. The summed E-state index contributed by atoms with van der Waals surface area (Å²) in [7, 11) is 0. The van der Waals surface area contributed by atoms with E-state index in [0.717, 1.165) is 41.3 Å². The van der Waals surface area contributed by atoms with E-state index in [1.807, 2.05) is 30.3 Å². The first-order valence-electron chi connectivity index (χ1n) is 8.15. The Balaban J connectivity index is 1.74. The van der Waals surface area contributed by atoms with Gasteiger partial charge in [-0.25, -0.2) is 0 Å². The number of benzene rings is 1. The predicted molar refractivity (Wildman–Crippen MR) is 92.7 cm³/mol. The first kappa shape index (κ1) is 15.1. The molecule has 2 aromatic rings. The van der Waals surface area contributed by atoms with Gasteiger partial charge in [0.15, 0.2) is 6.29 Å². The number of nitrogens with zero attached hydrogens (tertiary/aromatic N) is 2. The second-order valence-electron chi connectivity index (χ2n) is 5.67. The summed E-state index contributed by atoms with van der Waals surface area (Å²) >= 11 is 0. The monoisotopic (exact) mass is 321 g/mol. The van der Waals surface area contributed by atoms with Crippen molar-refractivity contribution >= 4 is 11.4 Å². The molecule has 1 N–H and O–H groups in total. The highest BCUT2D eigenvalue weighted by molar-refractivity contribution is 6.02. The van der Waals surface area contributed by atoms with E-state index < -0.39 is 0 Å². The summed E-state index contributed by atoms with van der Waals surface area (Å²) in [4.78, 5) is 8.99. The summed E-state index contributed by atoms with van der Waals surface area (Å²) in [6.07, 6.45) is 3.59. The van der Waals surface area contributed by atoms with Crippen LogP contribution in [0.2, 0.25) is 0 Å². The Morgan fingerprint density at radius 2 is 2.04 bits per heavy atom. The number of amidine groups is 1. The van der Waals surface area contributed by atoms with Crippen molar-refractivity contribution in [2.24, 2.45) is 4.99 Å². The molecule has 1 aromatic carbocycles. The molecule has 1 fully saturated rings. The van der Waals surface area contributed by atoms with Gasteiger partial charge in [0, 0.05) is 23.9 Å². The summed E-state index contributed by atoms with van der Waals surface area (Å²) in [5.41, 5.74) is 4.04. The van der Waals surface area contributed by atoms with E-state index in [-0.39, 0.29) is 6.29 Å². The van der Waals surface area contributed by atoms with E-state index in [1.165, 1.54) is 0 Å². The molecule has 0 aliphatic carbocycles. The third kappa shape index (κ3) is 3.22. The predicted octanol–water partition coefficient (Wildman–Crippen LogP) is 2.56. The Kier molecular flexibility index (Phi) is 4.36. The van der Waals surface area contributed by atoms with Crippen molar-refractivity contribution < 1.29 is 9.47 Å². The first-order chi connectivity index (χ1) is 11.9. The number of ether oxygens (including phenoxy) is 2. The van der Waals surface area contributed by atoms with Crippen molar-refractivity contribution in [1.29, 1.82) is 0 Å². The minimum absolute atomic E-state index is 0.281. The SMILES string of the molecule is C(/C1=NCCN1)=C(/c1cccc(C2OCCO2)c1)c1ccccn1. The van der Waals surface area contributed by atoms with Crippen LogP contribution in [0.15, 0.2) is 59.7 Å². The quantitative estimate of drug-likeness (QED) is 0.940. The van der Waals surface area contributed by atoms with Crippen LogP contribution in [0.25, 0.3) is 5.57 Å². The van der Waals surface area contributed by atoms with Gasteiger partial charge in [-0.05, 0) is 29.8 Å². The van der Waals surface area contributed by atoms with Crippen LogP contribution in [0.1, 0.15) is 23.1 Å². The van der Waals surface area contributed by atoms with Gasteiger partial charge in [-0.1, -0.05) is 24.3 Å². The van der Waals surface area contributed by atoms with Gasteiger partial charge in [0.25, 0.3) is 0 Å². The molecule has 5 heteroatoms. The number of hydrogen-bond donors (Lipinski definition) is 1. The zero-order valence-corrected chi connectivity index (χ0v) is 13.3. The fraction of sp³-hybridized carbons (Fsp3) is 0.263. The largest absolute Gasteiger partial charge is 0.369 e. The van der Waals surface area contributed by atoms with E-state index in [0.29, 0.717) is 13.2 Å². The van der Waals surface area contributed by atoms with Gasteiger partial charge in [0.05, 0.1) is 25.5 Å². The lowest BCUT2D eigenvalue weighted by atomic mass is 9.99. The van der Waals surface area contributed by atoms with Gasteiger partial charge in [-0.2, -0.15) is 0 Å². The standard InChI is InChI=1S/C19H19N3O2/c1-2-7-20-17(6-1)16(13-18-21-8-9-22-18)14-4-3-5-15(12-14)19-23-10-11-24-19/h1-7,12-13,19H,8-11H2,(H,21,22)/b16-13+. The van der Waals surface area contributed by atoms with Crippen LogP contribution >= 0.6 is 0 Å². The molecule has 2 aliphatic heterocycles. The normalized spacial score (nSPS) is 18.5. The lowest BCUT2D eigenvalue weighted by molar-refractivity contribution is -0.0441. The topological polar surface area (TPSA) is 55.7 Å². The van der Waals surface area contributed by atoms with Crippen LogP contribution in [-0.4, -0.2) is 37.1 Å². The van der Waals surface area contributed by atoms with Crippen molar-refractivity contribution in [1.82, 2.24) is 10.3 Å². The summed E-state index contributed by atoms with van der Waals surface area (Å²) in [6, 6.07) is 14.2. The average molecular weight is 321 g/mol. The molecule has 24 heavy (non-hydrogen) atoms. The zero-order chi connectivity index (χ0) is 16.2. The third-order valence-electron chi connectivity index (χ3n) is 4.01. The van der Waals surface area contributed by atoms with Crippen LogP contribution in [0.3, 0.4) is 0 Å². The number of aliphatic imine (C=N–C) groups is 1. The van der Waals surface area contributed by atoms with Crippen LogP contribution in [0.4, 0.5) is 0 Å². The van der Waals surface area contributed by atoms with Gasteiger partial charge in [-0.3, -0.25) is 9.98 Å². The molecule has 1 aromatic heterocycles. The average Bonchev–Trinajstić information content (AvgIpc) is 3.34. The van der Waals surface area contributed by atoms with Gasteiger partial charge in [0.1, 0.15) is 5.84 Å². The van der Waals surface area contributed by atoms with Crippen LogP contribution in [0, 0.1) is 0 Å². The maximum atomic E-state index is 5.62. The van der Waals surface area contributed by atoms with Crippen molar-refractivity contribution in [3.63, 3.8) is 0 Å². The fourth-order valence-corrected chi connectivity index (χ4v) is 2.88. The number of rotatable bonds is 4. The lowest BCUT2D eigenvalue weighted by Crippen LogP contribution is -2.16. The molecule has 0 unspecified atom stereocenters. The number of pyridine rings is 1. The van der Waals surface area contributed by atoms with Gasteiger partial charge in [-0.15, -0.1) is 0 Å². The summed E-state index contributed by atoms with van der Waals surface area (Å²) < 4.78 is 11.2. The first-order valence-corrected chi connectivity index (χ1v) is 8.15. The molecule has 0 saturated carbocycles.